The third-order valence-electron chi connectivity index (χ3n) is 3.73. The highest BCUT2D eigenvalue weighted by atomic mass is 15.1. The fourth-order valence-corrected chi connectivity index (χ4v) is 2.59. The average Bonchev–Trinajstić information content (AvgIpc) is 2.38. The lowest BCUT2D eigenvalue weighted by Gasteiger charge is -2.34. The predicted molar refractivity (Wildman–Crippen MR) is 82.0 cm³/mol. The molecule has 2 N–H and O–H groups in total. The monoisotopic (exact) mass is 263 g/mol. The minimum atomic E-state index is 0.217. The van der Waals surface area contributed by atoms with Crippen LogP contribution in [0.25, 0.3) is 0 Å². The number of hydrogen-bond donors (Lipinski definition) is 1. The maximum Gasteiger partial charge on any atom is 0.0547 e. The van der Waals surface area contributed by atoms with E-state index >= 15 is 0 Å². The van der Waals surface area contributed by atoms with Gasteiger partial charge in [0, 0.05) is 18.8 Å². The van der Waals surface area contributed by atoms with Gasteiger partial charge in [-0.3, -0.25) is 9.88 Å². The summed E-state index contributed by atoms with van der Waals surface area (Å²) in [6.07, 6.45) is 2.37. The molecule has 0 saturated carbocycles. The van der Waals surface area contributed by atoms with E-state index in [0.29, 0.717) is 0 Å². The third kappa shape index (κ3) is 5.29. The van der Waals surface area contributed by atoms with Crippen LogP contribution in [-0.2, 0) is 6.54 Å². The zero-order valence-corrected chi connectivity index (χ0v) is 12.9. The molecule has 0 fully saturated rings. The van der Waals surface area contributed by atoms with E-state index < -0.39 is 0 Å². The normalized spacial score (nSPS) is 14.6. The van der Waals surface area contributed by atoms with Crippen molar-refractivity contribution in [3.8, 4) is 0 Å². The van der Waals surface area contributed by atoms with Gasteiger partial charge in [-0.1, -0.05) is 33.3 Å². The number of nitrogens with two attached hydrogens (primary N) is 1. The van der Waals surface area contributed by atoms with Gasteiger partial charge < -0.3 is 5.73 Å². The summed E-state index contributed by atoms with van der Waals surface area (Å²) < 4.78 is 0. The first-order chi connectivity index (χ1) is 9.03. The fourth-order valence-electron chi connectivity index (χ4n) is 2.59. The molecule has 1 unspecified atom stereocenters. The molecule has 1 aromatic heterocycles. The molecule has 0 radical (unpaired) electrons. The molecule has 1 atom stereocenters. The molecule has 1 rings (SSSR count). The molecule has 0 aromatic carbocycles. The fraction of sp³-hybridized carbons (Fsp3) is 0.688. The van der Waals surface area contributed by atoms with E-state index in [-0.39, 0.29) is 5.41 Å². The Bertz CT molecular complexity index is 378. The van der Waals surface area contributed by atoms with E-state index in [0.717, 1.165) is 37.6 Å². The Morgan fingerprint density at radius 1 is 1.32 bits per heavy atom. The molecule has 0 spiro atoms. The highest BCUT2D eigenvalue weighted by Crippen LogP contribution is 2.23. The van der Waals surface area contributed by atoms with Gasteiger partial charge in [0.05, 0.1) is 5.69 Å². The lowest BCUT2D eigenvalue weighted by atomic mass is 9.85. The van der Waals surface area contributed by atoms with E-state index in [9.17, 15) is 0 Å². The van der Waals surface area contributed by atoms with Crippen LogP contribution in [0.4, 0.5) is 0 Å². The zero-order chi connectivity index (χ0) is 14.3. The Kier molecular flexibility index (Phi) is 6.46. The van der Waals surface area contributed by atoms with Crippen LogP contribution in [0.5, 0.6) is 0 Å². The summed E-state index contributed by atoms with van der Waals surface area (Å²) in [4.78, 5) is 7.04. The van der Waals surface area contributed by atoms with Crippen LogP contribution < -0.4 is 5.73 Å². The molecule has 108 valence electrons. The minimum absolute atomic E-state index is 0.217. The second-order valence-electron chi connectivity index (χ2n) is 5.84. The molecule has 0 bridgehead atoms. The van der Waals surface area contributed by atoms with Crippen LogP contribution in [0.15, 0.2) is 18.2 Å². The van der Waals surface area contributed by atoms with Gasteiger partial charge in [0.2, 0.25) is 0 Å². The van der Waals surface area contributed by atoms with Gasteiger partial charge in [-0.25, -0.2) is 0 Å². The number of nitrogens with zero attached hydrogens (tertiary/aromatic N) is 2. The van der Waals surface area contributed by atoms with Crippen molar-refractivity contribution >= 4 is 0 Å². The van der Waals surface area contributed by atoms with Crippen molar-refractivity contribution in [3.63, 3.8) is 0 Å². The molecular weight excluding hydrogens is 234 g/mol. The maximum absolute atomic E-state index is 5.97. The van der Waals surface area contributed by atoms with Gasteiger partial charge in [0.25, 0.3) is 0 Å². The van der Waals surface area contributed by atoms with E-state index in [1.807, 2.05) is 13.0 Å². The van der Waals surface area contributed by atoms with E-state index in [4.69, 9.17) is 5.73 Å². The zero-order valence-electron chi connectivity index (χ0n) is 12.9. The Labute approximate surface area is 118 Å². The number of pyridine rings is 1. The Balaban J connectivity index is 2.67. The first-order valence-corrected chi connectivity index (χ1v) is 7.38. The Hall–Kier alpha value is -0.930. The smallest absolute Gasteiger partial charge is 0.0547 e. The lowest BCUT2D eigenvalue weighted by molar-refractivity contribution is 0.157. The van der Waals surface area contributed by atoms with Crippen molar-refractivity contribution < 1.29 is 0 Å². The van der Waals surface area contributed by atoms with Gasteiger partial charge in [0.15, 0.2) is 0 Å². The van der Waals surface area contributed by atoms with E-state index in [2.05, 4.69) is 42.8 Å². The van der Waals surface area contributed by atoms with Crippen LogP contribution in [0, 0.1) is 12.3 Å². The summed E-state index contributed by atoms with van der Waals surface area (Å²) in [6.45, 7) is 12.5. The van der Waals surface area contributed by atoms with Gasteiger partial charge >= 0.3 is 0 Å². The van der Waals surface area contributed by atoms with Gasteiger partial charge in [-0.2, -0.15) is 0 Å². The summed E-state index contributed by atoms with van der Waals surface area (Å²) in [5.74, 6) is 0. The number of aromatic nitrogens is 1. The Morgan fingerprint density at radius 3 is 2.58 bits per heavy atom. The number of aryl methyl sites for hydroxylation is 1. The van der Waals surface area contributed by atoms with Crippen molar-refractivity contribution in [3.05, 3.63) is 29.6 Å². The largest absolute Gasteiger partial charge is 0.330 e. The summed E-state index contributed by atoms with van der Waals surface area (Å²) >= 11 is 0. The first-order valence-electron chi connectivity index (χ1n) is 7.38. The van der Waals surface area contributed by atoms with Gasteiger partial charge in [-0.15, -0.1) is 0 Å². The lowest BCUT2D eigenvalue weighted by Crippen LogP contribution is -2.40. The predicted octanol–water partition coefficient (Wildman–Crippen LogP) is 2.98. The molecule has 0 saturated heterocycles. The second kappa shape index (κ2) is 7.61. The second-order valence-corrected chi connectivity index (χ2v) is 5.84. The van der Waals surface area contributed by atoms with Crippen molar-refractivity contribution in [1.29, 1.82) is 0 Å². The van der Waals surface area contributed by atoms with Gasteiger partial charge in [-0.05, 0) is 44.0 Å². The quantitative estimate of drug-likeness (QED) is 0.784. The summed E-state index contributed by atoms with van der Waals surface area (Å²) in [5, 5.41) is 0. The minimum Gasteiger partial charge on any atom is -0.330 e. The van der Waals surface area contributed by atoms with E-state index in [1.165, 1.54) is 12.8 Å². The highest BCUT2D eigenvalue weighted by Gasteiger charge is 2.24. The van der Waals surface area contributed by atoms with Crippen molar-refractivity contribution in [2.75, 3.05) is 19.6 Å². The molecule has 0 amide bonds. The number of hydrogen-bond acceptors (Lipinski definition) is 3. The summed E-state index contributed by atoms with van der Waals surface area (Å²) in [6, 6.07) is 6.23. The Morgan fingerprint density at radius 2 is 2.05 bits per heavy atom. The van der Waals surface area contributed by atoms with Crippen LogP contribution in [0.3, 0.4) is 0 Å². The molecule has 0 aliphatic rings. The molecule has 1 heterocycles. The van der Waals surface area contributed by atoms with Crippen molar-refractivity contribution in [2.24, 2.45) is 11.1 Å². The van der Waals surface area contributed by atoms with Crippen LogP contribution in [0.1, 0.15) is 45.0 Å². The SMILES string of the molecule is CCCC(C)(CN)CN(CC)Cc1cccc(C)n1. The maximum atomic E-state index is 5.97. The molecule has 3 nitrogen and oxygen atoms in total. The molecule has 19 heavy (non-hydrogen) atoms. The topological polar surface area (TPSA) is 42.1 Å². The van der Waals surface area contributed by atoms with Gasteiger partial charge in [0.1, 0.15) is 0 Å². The highest BCUT2D eigenvalue weighted by molar-refractivity contribution is 5.09. The summed E-state index contributed by atoms with van der Waals surface area (Å²) in [5.41, 5.74) is 8.43. The summed E-state index contributed by atoms with van der Waals surface area (Å²) in [7, 11) is 0. The molecular formula is C16H29N3. The molecule has 0 aliphatic heterocycles. The number of rotatable bonds is 8. The standard InChI is InChI=1S/C16H29N3/c1-5-10-16(4,12-17)13-19(6-2)11-15-9-7-8-14(3)18-15/h7-9H,5-6,10-13,17H2,1-4H3. The van der Waals surface area contributed by atoms with Crippen molar-refractivity contribution in [1.82, 2.24) is 9.88 Å². The molecule has 0 aliphatic carbocycles. The van der Waals surface area contributed by atoms with Crippen LogP contribution in [-0.4, -0.2) is 29.5 Å². The van der Waals surface area contributed by atoms with E-state index in [1.54, 1.807) is 0 Å². The molecule has 1 aromatic rings. The first kappa shape index (κ1) is 16.1. The third-order valence-corrected chi connectivity index (χ3v) is 3.73. The van der Waals surface area contributed by atoms with Crippen LogP contribution >= 0.6 is 0 Å². The van der Waals surface area contributed by atoms with Crippen molar-refractivity contribution in [2.45, 2.75) is 47.1 Å². The average molecular weight is 263 g/mol. The van der Waals surface area contributed by atoms with Crippen LogP contribution in [0.2, 0.25) is 0 Å². The molecule has 3 heteroatoms.